The zero-order chi connectivity index (χ0) is 36.4. The summed E-state index contributed by atoms with van der Waals surface area (Å²) in [5.74, 6) is 7.93. The second kappa shape index (κ2) is 41.3. The summed E-state index contributed by atoms with van der Waals surface area (Å²) in [5, 5.41) is 0. The van der Waals surface area contributed by atoms with Crippen LogP contribution in [0.25, 0.3) is 0 Å². The highest BCUT2D eigenvalue weighted by Crippen LogP contribution is 2.22. The fourth-order valence-corrected chi connectivity index (χ4v) is 6.47. The number of allylic oxidation sites excluding steroid dienone is 6. The lowest BCUT2D eigenvalue weighted by Gasteiger charge is -2.16. The number of aliphatic imine (C=N–C) groups is 1. The fraction of sp³-hybridized carbons (Fsp3) is 0.787. The lowest BCUT2D eigenvalue weighted by molar-refractivity contribution is -0.144. The summed E-state index contributed by atoms with van der Waals surface area (Å²) in [6.07, 6.45) is 52.1. The first-order valence-corrected chi connectivity index (χ1v) is 21.7. The van der Waals surface area contributed by atoms with E-state index in [4.69, 9.17) is 4.74 Å². The number of nitrogens with zero attached hydrogens (tertiary/aromatic N) is 1. The van der Waals surface area contributed by atoms with Crippen LogP contribution in [0.4, 0.5) is 0 Å². The van der Waals surface area contributed by atoms with Crippen LogP contribution in [0.1, 0.15) is 213 Å². The molecule has 0 heterocycles. The first-order chi connectivity index (χ1) is 24.7. The van der Waals surface area contributed by atoms with Gasteiger partial charge in [0, 0.05) is 38.9 Å². The van der Waals surface area contributed by atoms with Crippen LogP contribution in [-0.4, -0.2) is 25.8 Å². The van der Waals surface area contributed by atoms with Gasteiger partial charge < -0.3 is 9.73 Å². The molecular formula is C47H83NO2. The minimum absolute atomic E-state index is 0.0134. The Morgan fingerprint density at radius 3 is 1.90 bits per heavy atom. The molecule has 1 atom stereocenters. The number of carbonyl (C=O) groups is 1. The molecule has 0 aromatic rings. The molecule has 3 heteroatoms. The molecule has 0 rings (SSSR count). The standard InChI is InChI=1S/C47H83NO2/c1-5-8-11-12-13-14-15-16-17-18-19-20-21-22-23-26-31-38-45(40-34-35-43-48-4)39-32-27-24-25-28-33-41-47(49)50-44-42-46(36-29-9-6-2)37-30-10-7-3/h16-17,26,31,34,40,43,45-46H,5-12,15,18-25,27-30,32-33,35-39,41-42,44H2,1-4H3/b17-16-,31-26+,40-34?,48-43?. The van der Waals surface area contributed by atoms with Gasteiger partial charge in [0.2, 0.25) is 0 Å². The molecule has 0 radical (unpaired) electrons. The molecule has 0 saturated heterocycles. The molecule has 0 spiro atoms. The number of esters is 1. The summed E-state index contributed by atoms with van der Waals surface area (Å²) >= 11 is 0. The topological polar surface area (TPSA) is 38.7 Å². The van der Waals surface area contributed by atoms with Crippen molar-refractivity contribution in [3.05, 3.63) is 36.5 Å². The molecule has 0 N–H and O–H groups in total. The Morgan fingerprint density at radius 2 is 1.22 bits per heavy atom. The number of rotatable bonds is 36. The molecule has 0 aliphatic heterocycles. The number of carbonyl (C=O) groups excluding carboxylic acids is 1. The van der Waals surface area contributed by atoms with Crippen molar-refractivity contribution in [2.45, 2.75) is 213 Å². The van der Waals surface area contributed by atoms with Crippen molar-refractivity contribution in [1.29, 1.82) is 0 Å². The summed E-state index contributed by atoms with van der Waals surface area (Å²) in [6, 6.07) is 0. The van der Waals surface area contributed by atoms with Crippen LogP contribution in [0.3, 0.4) is 0 Å². The molecule has 0 aliphatic rings. The van der Waals surface area contributed by atoms with Crippen molar-refractivity contribution < 1.29 is 9.53 Å². The number of hydrogen-bond donors (Lipinski definition) is 0. The molecule has 288 valence electrons. The van der Waals surface area contributed by atoms with Crippen molar-refractivity contribution in [2.75, 3.05) is 13.7 Å². The van der Waals surface area contributed by atoms with Crippen LogP contribution in [0.2, 0.25) is 0 Å². The van der Waals surface area contributed by atoms with E-state index in [2.05, 4.69) is 74.1 Å². The average Bonchev–Trinajstić information content (AvgIpc) is 3.12. The molecule has 0 bridgehead atoms. The predicted molar refractivity (Wildman–Crippen MR) is 223 cm³/mol. The van der Waals surface area contributed by atoms with Crippen LogP contribution in [-0.2, 0) is 9.53 Å². The second-order valence-electron chi connectivity index (χ2n) is 14.6. The van der Waals surface area contributed by atoms with Gasteiger partial charge in [-0.15, -0.1) is 5.92 Å². The Kier molecular flexibility index (Phi) is 39.6. The van der Waals surface area contributed by atoms with Crippen LogP contribution in [0.5, 0.6) is 0 Å². The van der Waals surface area contributed by atoms with E-state index in [9.17, 15) is 4.79 Å². The summed E-state index contributed by atoms with van der Waals surface area (Å²) in [4.78, 5) is 16.4. The van der Waals surface area contributed by atoms with Gasteiger partial charge in [-0.2, -0.15) is 0 Å². The highest BCUT2D eigenvalue weighted by atomic mass is 16.5. The van der Waals surface area contributed by atoms with Crippen LogP contribution < -0.4 is 0 Å². The fourth-order valence-electron chi connectivity index (χ4n) is 6.47. The van der Waals surface area contributed by atoms with Gasteiger partial charge in [-0.05, 0) is 69.6 Å². The van der Waals surface area contributed by atoms with E-state index >= 15 is 0 Å². The van der Waals surface area contributed by atoms with Crippen molar-refractivity contribution in [3.8, 4) is 11.8 Å². The summed E-state index contributed by atoms with van der Waals surface area (Å²) in [6.45, 7) is 7.40. The normalized spacial score (nSPS) is 12.6. The Morgan fingerprint density at radius 1 is 0.620 bits per heavy atom. The van der Waals surface area contributed by atoms with Crippen molar-refractivity contribution in [3.63, 3.8) is 0 Å². The molecule has 0 aliphatic carbocycles. The van der Waals surface area contributed by atoms with Crippen LogP contribution >= 0.6 is 0 Å². The Bertz CT molecular complexity index is 879. The minimum Gasteiger partial charge on any atom is -0.466 e. The van der Waals surface area contributed by atoms with E-state index in [0.29, 0.717) is 18.9 Å². The van der Waals surface area contributed by atoms with Gasteiger partial charge in [-0.3, -0.25) is 4.79 Å². The minimum atomic E-state index is 0.0134. The number of unbranched alkanes of at least 4 members (excludes halogenated alkanes) is 17. The largest absolute Gasteiger partial charge is 0.466 e. The third-order valence-electron chi connectivity index (χ3n) is 9.77. The van der Waals surface area contributed by atoms with Crippen molar-refractivity contribution in [2.24, 2.45) is 16.8 Å². The third kappa shape index (κ3) is 37.2. The first-order valence-electron chi connectivity index (χ1n) is 21.7. The third-order valence-corrected chi connectivity index (χ3v) is 9.77. The summed E-state index contributed by atoms with van der Waals surface area (Å²) in [5.41, 5.74) is 0. The Hall–Kier alpha value is -2.08. The van der Waals surface area contributed by atoms with E-state index in [1.165, 1.54) is 141 Å². The Balaban J connectivity index is 4.03. The Labute approximate surface area is 313 Å². The van der Waals surface area contributed by atoms with E-state index in [-0.39, 0.29) is 5.97 Å². The SMILES string of the molecule is CCCCCC#CC/C=C\CCCCCC/C=C/CC(C=CCC=NC)CCCCCCCCC(=O)OCCC(CCCCC)CCCCC. The quantitative estimate of drug-likeness (QED) is 0.0215. The molecular weight excluding hydrogens is 611 g/mol. The number of ether oxygens (including phenoxy) is 1. The lowest BCUT2D eigenvalue weighted by atomic mass is 9.92. The maximum absolute atomic E-state index is 12.3. The van der Waals surface area contributed by atoms with E-state index in [1.54, 1.807) is 0 Å². The molecule has 0 aromatic heterocycles. The van der Waals surface area contributed by atoms with E-state index in [1.807, 2.05) is 13.3 Å². The van der Waals surface area contributed by atoms with Gasteiger partial charge in [0.1, 0.15) is 0 Å². The van der Waals surface area contributed by atoms with Crippen LogP contribution in [0, 0.1) is 23.7 Å². The van der Waals surface area contributed by atoms with Crippen molar-refractivity contribution in [1.82, 2.24) is 0 Å². The van der Waals surface area contributed by atoms with E-state index < -0.39 is 0 Å². The van der Waals surface area contributed by atoms with Gasteiger partial charge in [-0.1, -0.05) is 172 Å². The molecule has 0 aromatic carbocycles. The van der Waals surface area contributed by atoms with Gasteiger partial charge in [0.25, 0.3) is 0 Å². The zero-order valence-corrected chi connectivity index (χ0v) is 33.9. The molecule has 50 heavy (non-hydrogen) atoms. The second-order valence-corrected chi connectivity index (χ2v) is 14.6. The average molecular weight is 694 g/mol. The smallest absolute Gasteiger partial charge is 0.305 e. The van der Waals surface area contributed by atoms with E-state index in [0.717, 1.165) is 50.9 Å². The molecule has 3 nitrogen and oxygen atoms in total. The zero-order valence-electron chi connectivity index (χ0n) is 33.9. The molecule has 0 saturated carbocycles. The van der Waals surface area contributed by atoms with Crippen LogP contribution in [0.15, 0.2) is 41.4 Å². The highest BCUT2D eigenvalue weighted by Gasteiger charge is 2.11. The van der Waals surface area contributed by atoms with Gasteiger partial charge in [-0.25, -0.2) is 0 Å². The monoisotopic (exact) mass is 694 g/mol. The summed E-state index contributed by atoms with van der Waals surface area (Å²) in [7, 11) is 1.85. The van der Waals surface area contributed by atoms with Gasteiger partial charge in [0.05, 0.1) is 6.61 Å². The molecule has 1 unspecified atom stereocenters. The van der Waals surface area contributed by atoms with Gasteiger partial charge >= 0.3 is 5.97 Å². The van der Waals surface area contributed by atoms with Gasteiger partial charge in [0.15, 0.2) is 0 Å². The first kappa shape index (κ1) is 47.9. The lowest BCUT2D eigenvalue weighted by Crippen LogP contribution is -2.10. The summed E-state index contributed by atoms with van der Waals surface area (Å²) < 4.78 is 5.64. The van der Waals surface area contributed by atoms with Crippen molar-refractivity contribution >= 4 is 12.2 Å². The highest BCUT2D eigenvalue weighted by molar-refractivity contribution is 5.69. The molecule has 0 amide bonds. The predicted octanol–water partition coefficient (Wildman–Crippen LogP) is 14.9. The maximum Gasteiger partial charge on any atom is 0.305 e. The maximum atomic E-state index is 12.3. The molecule has 0 fully saturated rings. The number of hydrogen-bond acceptors (Lipinski definition) is 3.